The van der Waals surface area contributed by atoms with Crippen LogP contribution in [0.2, 0.25) is 10.0 Å². The Morgan fingerprint density at radius 3 is 2.40 bits per heavy atom. The van der Waals surface area contributed by atoms with Gasteiger partial charge >= 0.3 is 0 Å². The first kappa shape index (κ1) is 21.1. The molecule has 0 unspecified atom stereocenters. The van der Waals surface area contributed by atoms with E-state index in [1.54, 1.807) is 35.3 Å². The number of carbonyl (C=O) groups excluding carboxylic acids is 1. The molecule has 1 atom stereocenters. The van der Waals surface area contributed by atoms with E-state index in [0.717, 1.165) is 31.2 Å². The predicted molar refractivity (Wildman–Crippen MR) is 120 cm³/mol. The number of hydrogen-bond acceptors (Lipinski definition) is 3. The average Bonchev–Trinajstić information content (AvgIpc) is 3.00. The van der Waals surface area contributed by atoms with Crippen molar-refractivity contribution in [3.8, 4) is 0 Å². The van der Waals surface area contributed by atoms with Gasteiger partial charge in [0.25, 0.3) is 5.91 Å². The highest BCUT2D eigenvalue weighted by atomic mass is 35.5. The van der Waals surface area contributed by atoms with Crippen molar-refractivity contribution in [3.63, 3.8) is 0 Å². The van der Waals surface area contributed by atoms with E-state index in [4.69, 9.17) is 23.2 Å². The summed E-state index contributed by atoms with van der Waals surface area (Å²) in [4.78, 5) is 13.0. The molecule has 4 rings (SSSR count). The summed E-state index contributed by atoms with van der Waals surface area (Å²) in [5.74, 6) is -0.443. The van der Waals surface area contributed by atoms with Gasteiger partial charge in [-0.1, -0.05) is 61.0 Å². The zero-order valence-electron chi connectivity index (χ0n) is 16.6. The fourth-order valence-electron chi connectivity index (χ4n) is 4.17. The molecule has 2 aliphatic rings. The molecule has 7 heteroatoms. The Morgan fingerprint density at radius 1 is 1.03 bits per heavy atom. The number of rotatable bonds is 4. The van der Waals surface area contributed by atoms with E-state index in [0.29, 0.717) is 27.9 Å². The van der Waals surface area contributed by atoms with Crippen LogP contribution < -0.4 is 10.3 Å². The smallest absolute Gasteiger partial charge is 0.267 e. The number of nitrogens with one attached hydrogen (secondary N) is 1. The van der Waals surface area contributed by atoms with E-state index in [1.165, 1.54) is 25.0 Å². The quantitative estimate of drug-likeness (QED) is 0.560. The summed E-state index contributed by atoms with van der Waals surface area (Å²) in [5.41, 5.74) is 1.98. The molecule has 1 N–H and O–H groups in total. The fourth-order valence-corrected chi connectivity index (χ4v) is 4.67. The van der Waals surface area contributed by atoms with Gasteiger partial charge in [0.1, 0.15) is 11.5 Å². The third-order valence-corrected chi connectivity index (χ3v) is 6.31. The first-order valence-corrected chi connectivity index (χ1v) is 11.1. The molecule has 1 aliphatic carbocycles. The Labute approximate surface area is 186 Å². The van der Waals surface area contributed by atoms with Crippen LogP contribution in [0.3, 0.4) is 0 Å². The summed E-state index contributed by atoms with van der Waals surface area (Å²) < 4.78 is 13.5. The molecular weight excluding hydrogens is 424 g/mol. The molecule has 0 saturated heterocycles. The Hall–Kier alpha value is -2.11. The minimum absolute atomic E-state index is 0.137. The normalized spacial score (nSPS) is 20.0. The fraction of sp³-hybridized carbons (Fsp3) is 0.391. The van der Waals surface area contributed by atoms with Crippen LogP contribution in [0.4, 0.5) is 10.1 Å². The second-order valence-electron chi connectivity index (χ2n) is 7.92. The summed E-state index contributed by atoms with van der Waals surface area (Å²) >= 11 is 12.5. The summed E-state index contributed by atoms with van der Waals surface area (Å²) in [6.45, 7) is 0. The highest BCUT2D eigenvalue weighted by Crippen LogP contribution is 2.39. The topological polar surface area (TPSA) is 44.7 Å². The van der Waals surface area contributed by atoms with Crippen LogP contribution in [0.1, 0.15) is 56.6 Å². The summed E-state index contributed by atoms with van der Waals surface area (Å²) in [6.07, 6.45) is 7.17. The Kier molecular flexibility index (Phi) is 6.59. The number of amides is 1. The molecule has 0 aromatic heterocycles. The van der Waals surface area contributed by atoms with E-state index in [2.05, 4.69) is 10.4 Å². The number of nitrogens with zero attached hydrogens (tertiary/aromatic N) is 2. The van der Waals surface area contributed by atoms with Crippen molar-refractivity contribution in [1.82, 2.24) is 5.32 Å². The van der Waals surface area contributed by atoms with Crippen LogP contribution >= 0.6 is 23.2 Å². The lowest BCUT2D eigenvalue weighted by molar-refractivity contribution is -0.115. The van der Waals surface area contributed by atoms with Crippen molar-refractivity contribution in [2.45, 2.75) is 57.0 Å². The number of carbonyl (C=O) groups is 1. The second kappa shape index (κ2) is 9.36. The summed E-state index contributed by atoms with van der Waals surface area (Å²) in [5, 5.41) is 10.5. The molecular formula is C23H24Cl2FN3O. The highest BCUT2D eigenvalue weighted by molar-refractivity contribution is 6.40. The first-order valence-electron chi connectivity index (χ1n) is 10.4. The molecule has 1 heterocycles. The van der Waals surface area contributed by atoms with Crippen LogP contribution in [0.15, 0.2) is 47.6 Å². The zero-order chi connectivity index (χ0) is 21.1. The van der Waals surface area contributed by atoms with Crippen molar-refractivity contribution < 1.29 is 9.18 Å². The molecule has 1 saturated carbocycles. The van der Waals surface area contributed by atoms with Gasteiger partial charge in [0.05, 0.1) is 16.8 Å². The molecule has 158 valence electrons. The van der Waals surface area contributed by atoms with E-state index >= 15 is 0 Å². The first-order chi connectivity index (χ1) is 14.5. The number of hydrazone groups is 1. The molecule has 0 bridgehead atoms. The Morgan fingerprint density at radius 2 is 1.73 bits per heavy atom. The highest BCUT2D eigenvalue weighted by Gasteiger charge is 2.34. The largest absolute Gasteiger partial charge is 0.348 e. The Balaban J connectivity index is 1.61. The van der Waals surface area contributed by atoms with Gasteiger partial charge in [0, 0.05) is 17.5 Å². The van der Waals surface area contributed by atoms with Crippen LogP contribution in [0.5, 0.6) is 0 Å². The van der Waals surface area contributed by atoms with Crippen molar-refractivity contribution in [1.29, 1.82) is 0 Å². The lowest BCUT2D eigenvalue weighted by atomic mass is 10.0. The maximum absolute atomic E-state index is 13.5. The van der Waals surface area contributed by atoms with Crippen LogP contribution in [0.25, 0.3) is 0 Å². The van der Waals surface area contributed by atoms with Gasteiger partial charge in [-0.2, -0.15) is 5.10 Å². The lowest BCUT2D eigenvalue weighted by Crippen LogP contribution is -2.38. The van der Waals surface area contributed by atoms with Crippen molar-refractivity contribution in [2.75, 3.05) is 5.01 Å². The van der Waals surface area contributed by atoms with Gasteiger partial charge in [0.15, 0.2) is 0 Å². The maximum Gasteiger partial charge on any atom is 0.267 e. The molecule has 0 spiro atoms. The van der Waals surface area contributed by atoms with Gasteiger partial charge < -0.3 is 5.32 Å². The minimum atomic E-state index is -0.305. The number of anilines is 1. The number of hydrogen-bond donors (Lipinski definition) is 1. The summed E-state index contributed by atoms with van der Waals surface area (Å²) in [7, 11) is 0. The van der Waals surface area contributed by atoms with Gasteiger partial charge in [0.2, 0.25) is 0 Å². The maximum atomic E-state index is 13.5. The van der Waals surface area contributed by atoms with Gasteiger partial charge in [-0.3, -0.25) is 9.80 Å². The van der Waals surface area contributed by atoms with E-state index in [9.17, 15) is 9.18 Å². The van der Waals surface area contributed by atoms with Crippen LogP contribution in [0, 0.1) is 5.82 Å². The molecule has 1 aliphatic heterocycles. The molecule has 4 nitrogen and oxygen atoms in total. The molecule has 2 aromatic rings. The van der Waals surface area contributed by atoms with Gasteiger partial charge in [-0.05, 0) is 48.7 Å². The van der Waals surface area contributed by atoms with E-state index < -0.39 is 0 Å². The summed E-state index contributed by atoms with van der Waals surface area (Å²) in [6, 6.07) is 11.4. The lowest BCUT2D eigenvalue weighted by Gasteiger charge is -2.25. The number of benzene rings is 2. The SMILES string of the molecule is O=C(NC1CCCCCC1)C1=NN(c2ccc(Cl)cc2Cl)[C@H](c2ccc(F)cc2)C1. The van der Waals surface area contributed by atoms with Crippen molar-refractivity contribution >= 4 is 40.5 Å². The standard InChI is InChI=1S/C23H24Cl2FN3O/c24-16-9-12-21(19(25)13-16)29-22(15-7-10-17(26)11-8-15)14-20(28-29)23(30)27-18-5-3-1-2-4-6-18/h7-13,18,22H,1-6,14H2,(H,27,30)/t22-/m0/s1. The van der Waals surface area contributed by atoms with E-state index in [1.807, 2.05) is 0 Å². The Bertz CT molecular complexity index is 940. The average molecular weight is 448 g/mol. The predicted octanol–water partition coefficient (Wildman–Crippen LogP) is 6.28. The third-order valence-electron chi connectivity index (χ3n) is 5.77. The van der Waals surface area contributed by atoms with Gasteiger partial charge in [-0.25, -0.2) is 4.39 Å². The second-order valence-corrected chi connectivity index (χ2v) is 8.76. The van der Waals surface area contributed by atoms with Crippen LogP contribution in [-0.4, -0.2) is 17.7 Å². The van der Waals surface area contributed by atoms with Crippen LogP contribution in [-0.2, 0) is 4.79 Å². The monoisotopic (exact) mass is 447 g/mol. The van der Waals surface area contributed by atoms with E-state index in [-0.39, 0.29) is 23.8 Å². The molecule has 1 amide bonds. The minimum Gasteiger partial charge on any atom is -0.348 e. The zero-order valence-corrected chi connectivity index (χ0v) is 18.1. The van der Waals surface area contributed by atoms with Crippen molar-refractivity contribution in [3.05, 3.63) is 63.9 Å². The number of halogens is 3. The molecule has 0 radical (unpaired) electrons. The molecule has 2 aromatic carbocycles. The molecule has 30 heavy (non-hydrogen) atoms. The van der Waals surface area contributed by atoms with Gasteiger partial charge in [-0.15, -0.1) is 0 Å². The van der Waals surface area contributed by atoms with Crippen molar-refractivity contribution in [2.24, 2.45) is 5.10 Å². The molecule has 1 fully saturated rings. The third kappa shape index (κ3) is 4.79.